The Labute approximate surface area is 252 Å². The average molecular weight is 606 g/mol. The summed E-state index contributed by atoms with van der Waals surface area (Å²) in [6, 6.07) is 17.1. The van der Waals surface area contributed by atoms with Gasteiger partial charge >= 0.3 is 6.11 Å². The number of benzene rings is 4. The van der Waals surface area contributed by atoms with Gasteiger partial charge in [0.25, 0.3) is 0 Å². The van der Waals surface area contributed by atoms with Gasteiger partial charge in [-0.2, -0.15) is 14.0 Å². The summed E-state index contributed by atoms with van der Waals surface area (Å²) in [4.78, 5) is 0. The van der Waals surface area contributed by atoms with Crippen molar-refractivity contribution in [2.45, 2.75) is 51.1 Å². The molecular formula is C36H29F6NO. The van der Waals surface area contributed by atoms with Gasteiger partial charge in [-0.1, -0.05) is 55.5 Å². The van der Waals surface area contributed by atoms with Crippen molar-refractivity contribution in [2.24, 2.45) is 5.92 Å². The van der Waals surface area contributed by atoms with Crippen LogP contribution in [0, 0.1) is 40.5 Å². The second-order valence-corrected chi connectivity index (χ2v) is 11.0. The van der Waals surface area contributed by atoms with Gasteiger partial charge in [-0.05, 0) is 96.5 Å². The number of nitrogens with zero attached hydrogens (tertiary/aromatic N) is 1. The van der Waals surface area contributed by atoms with E-state index in [1.807, 2.05) is 24.3 Å². The Kier molecular flexibility index (Phi) is 9.14. The number of halogens is 6. The lowest BCUT2D eigenvalue weighted by Gasteiger charge is -2.27. The molecule has 1 saturated carbocycles. The van der Waals surface area contributed by atoms with Crippen LogP contribution in [0.2, 0.25) is 0 Å². The summed E-state index contributed by atoms with van der Waals surface area (Å²) in [6.07, 6.45) is 5.58. The lowest BCUT2D eigenvalue weighted by atomic mass is 9.78. The van der Waals surface area contributed by atoms with Gasteiger partial charge in [-0.25, -0.2) is 17.6 Å². The lowest BCUT2D eigenvalue weighted by Crippen LogP contribution is -2.25. The summed E-state index contributed by atoms with van der Waals surface area (Å²) in [5, 5.41) is 8.78. The molecular weight excluding hydrogens is 576 g/mol. The summed E-state index contributed by atoms with van der Waals surface area (Å²) in [5.74, 6) is -4.89. The molecule has 1 fully saturated rings. The quantitative estimate of drug-likeness (QED) is 0.148. The van der Waals surface area contributed by atoms with E-state index in [4.69, 9.17) is 5.26 Å². The highest BCUT2D eigenvalue weighted by atomic mass is 19.3. The number of rotatable bonds is 8. The summed E-state index contributed by atoms with van der Waals surface area (Å²) < 4.78 is 92.8. The first-order chi connectivity index (χ1) is 21.1. The standard InChI is InChI=1S/C36H29F6NO/c1-2-3-4-22-5-7-23(8-6-22)24-9-11-25(12-10-24)26-14-16-30(32(38)17-26)28-18-33(39)35(34(40)19-28)36(41,42)44-29-15-13-27(21-43)31(37)20-29/h3-4,9-20,22-23H,2,5-8H2,1H3/b4-3+. The van der Waals surface area contributed by atoms with Crippen LogP contribution in [0.3, 0.4) is 0 Å². The van der Waals surface area contributed by atoms with Gasteiger partial charge in [0.05, 0.1) is 5.56 Å². The Hall–Kier alpha value is -4.51. The molecule has 4 aromatic rings. The molecule has 0 saturated heterocycles. The first kappa shape index (κ1) is 30.9. The van der Waals surface area contributed by atoms with E-state index in [0.717, 1.165) is 49.8 Å². The zero-order valence-electron chi connectivity index (χ0n) is 23.9. The van der Waals surface area contributed by atoms with E-state index in [9.17, 15) is 22.0 Å². The van der Waals surface area contributed by atoms with Crippen LogP contribution >= 0.6 is 0 Å². The fourth-order valence-corrected chi connectivity index (χ4v) is 5.71. The second kappa shape index (κ2) is 13.0. The first-order valence-corrected chi connectivity index (χ1v) is 14.4. The maximum Gasteiger partial charge on any atom is 0.432 e. The highest BCUT2D eigenvalue weighted by Gasteiger charge is 2.41. The Morgan fingerprint density at radius 3 is 2.00 bits per heavy atom. The van der Waals surface area contributed by atoms with Crippen LogP contribution in [0.15, 0.2) is 84.9 Å². The normalized spacial score (nSPS) is 17.0. The highest BCUT2D eigenvalue weighted by molar-refractivity contribution is 5.71. The van der Waals surface area contributed by atoms with Crippen molar-refractivity contribution < 1.29 is 31.1 Å². The smallest absolute Gasteiger partial charge is 0.429 e. The minimum atomic E-state index is -4.53. The molecule has 2 nitrogen and oxygen atoms in total. The number of ether oxygens (including phenoxy) is 1. The van der Waals surface area contributed by atoms with Crippen molar-refractivity contribution in [1.82, 2.24) is 0 Å². The zero-order chi connectivity index (χ0) is 31.4. The molecule has 0 spiro atoms. The Morgan fingerprint density at radius 1 is 0.773 bits per heavy atom. The monoisotopic (exact) mass is 605 g/mol. The predicted molar refractivity (Wildman–Crippen MR) is 157 cm³/mol. The van der Waals surface area contributed by atoms with Gasteiger partial charge in [0.2, 0.25) is 0 Å². The van der Waals surface area contributed by atoms with E-state index in [1.54, 1.807) is 6.07 Å². The molecule has 4 aromatic carbocycles. The fraction of sp³-hybridized carbons (Fsp3) is 0.250. The molecule has 226 valence electrons. The van der Waals surface area contributed by atoms with Gasteiger partial charge in [0, 0.05) is 11.6 Å². The van der Waals surface area contributed by atoms with E-state index in [1.165, 1.54) is 23.8 Å². The van der Waals surface area contributed by atoms with Gasteiger partial charge in [-0.15, -0.1) is 0 Å². The molecule has 5 rings (SSSR count). The minimum Gasteiger partial charge on any atom is -0.429 e. The molecule has 8 heteroatoms. The predicted octanol–water partition coefficient (Wildman–Crippen LogP) is 10.8. The molecule has 0 amide bonds. The topological polar surface area (TPSA) is 33.0 Å². The Bertz CT molecular complexity index is 1690. The third-order valence-electron chi connectivity index (χ3n) is 8.05. The maximum atomic E-state index is 15.2. The summed E-state index contributed by atoms with van der Waals surface area (Å²) in [5.41, 5.74) is -0.0368. The van der Waals surface area contributed by atoms with Crippen LogP contribution in [0.1, 0.15) is 61.6 Å². The molecule has 0 unspecified atom stereocenters. The van der Waals surface area contributed by atoms with Crippen molar-refractivity contribution in [1.29, 1.82) is 5.26 Å². The molecule has 0 bridgehead atoms. The van der Waals surface area contributed by atoms with Crippen LogP contribution in [0.5, 0.6) is 5.75 Å². The minimum absolute atomic E-state index is 0.179. The van der Waals surface area contributed by atoms with Crippen LogP contribution in [0.25, 0.3) is 22.3 Å². The van der Waals surface area contributed by atoms with E-state index in [2.05, 4.69) is 23.8 Å². The molecule has 1 aliphatic carbocycles. The van der Waals surface area contributed by atoms with Crippen LogP contribution in [0.4, 0.5) is 26.3 Å². The van der Waals surface area contributed by atoms with Crippen molar-refractivity contribution in [3.05, 3.63) is 125 Å². The number of hydrogen-bond acceptors (Lipinski definition) is 2. The maximum absolute atomic E-state index is 15.2. The van der Waals surface area contributed by atoms with Crippen molar-refractivity contribution in [3.63, 3.8) is 0 Å². The van der Waals surface area contributed by atoms with Crippen LogP contribution in [-0.4, -0.2) is 0 Å². The van der Waals surface area contributed by atoms with Gasteiger partial charge in [0.15, 0.2) is 0 Å². The molecule has 0 radical (unpaired) electrons. The second-order valence-electron chi connectivity index (χ2n) is 11.0. The first-order valence-electron chi connectivity index (χ1n) is 14.4. The number of allylic oxidation sites excluding steroid dienone is 2. The Morgan fingerprint density at radius 2 is 1.41 bits per heavy atom. The van der Waals surface area contributed by atoms with E-state index in [-0.39, 0.29) is 11.1 Å². The molecule has 0 aliphatic heterocycles. The van der Waals surface area contributed by atoms with Crippen LogP contribution in [-0.2, 0) is 6.11 Å². The zero-order valence-corrected chi connectivity index (χ0v) is 23.9. The molecule has 0 N–H and O–H groups in total. The van der Waals surface area contributed by atoms with Crippen molar-refractivity contribution in [2.75, 3.05) is 0 Å². The van der Waals surface area contributed by atoms with E-state index < -0.39 is 46.3 Å². The number of nitriles is 1. The third kappa shape index (κ3) is 6.67. The van der Waals surface area contributed by atoms with Gasteiger partial charge in [0.1, 0.15) is 40.7 Å². The SMILES string of the molecule is CC/C=C/C1CCC(c2ccc(-c3ccc(-c4cc(F)c(C(F)(F)Oc5ccc(C#N)c(F)c5)c(F)c4)c(F)c3)cc2)CC1. The van der Waals surface area contributed by atoms with E-state index >= 15 is 4.39 Å². The molecule has 1 aliphatic rings. The lowest BCUT2D eigenvalue weighted by molar-refractivity contribution is -0.189. The summed E-state index contributed by atoms with van der Waals surface area (Å²) in [6.45, 7) is 2.13. The highest BCUT2D eigenvalue weighted by Crippen LogP contribution is 2.39. The van der Waals surface area contributed by atoms with Crippen molar-refractivity contribution >= 4 is 0 Å². The molecule has 0 atom stereocenters. The van der Waals surface area contributed by atoms with Crippen molar-refractivity contribution in [3.8, 4) is 34.1 Å². The van der Waals surface area contributed by atoms with Crippen LogP contribution < -0.4 is 4.74 Å². The fourth-order valence-electron chi connectivity index (χ4n) is 5.71. The van der Waals surface area contributed by atoms with Gasteiger partial charge in [-0.3, -0.25) is 0 Å². The summed E-state index contributed by atoms with van der Waals surface area (Å²) >= 11 is 0. The molecule has 0 aromatic heterocycles. The Balaban J connectivity index is 1.32. The molecule has 0 heterocycles. The number of alkyl halides is 2. The summed E-state index contributed by atoms with van der Waals surface area (Å²) in [7, 11) is 0. The number of hydrogen-bond donors (Lipinski definition) is 0. The van der Waals surface area contributed by atoms with Gasteiger partial charge < -0.3 is 4.74 Å². The largest absolute Gasteiger partial charge is 0.432 e. The molecule has 44 heavy (non-hydrogen) atoms. The third-order valence-corrected chi connectivity index (χ3v) is 8.05. The van der Waals surface area contributed by atoms with E-state index in [0.29, 0.717) is 35.6 Å². The average Bonchev–Trinajstić information content (AvgIpc) is 2.99.